The molecule has 0 spiro atoms. The first kappa shape index (κ1) is 51.1. The Hall–Kier alpha value is -3.30. The van der Waals surface area contributed by atoms with E-state index in [1.54, 1.807) is 12.1 Å². The highest BCUT2D eigenvalue weighted by atomic mass is 19.1. The summed E-state index contributed by atoms with van der Waals surface area (Å²) in [5.41, 5.74) is 7.57. The van der Waals surface area contributed by atoms with Crippen molar-refractivity contribution in [1.82, 2.24) is 0 Å². The van der Waals surface area contributed by atoms with Gasteiger partial charge in [-0.1, -0.05) is 242 Å². The normalized spacial score (nSPS) is 19.9. The van der Waals surface area contributed by atoms with Crippen molar-refractivity contribution >= 4 is 0 Å². The summed E-state index contributed by atoms with van der Waals surface area (Å²) < 4.78 is 40.7. The molecule has 1 nitrogen and oxygen atoms in total. The van der Waals surface area contributed by atoms with Gasteiger partial charge in [0.1, 0.15) is 11.6 Å². The van der Waals surface area contributed by atoms with Crippen molar-refractivity contribution in [3.05, 3.63) is 119 Å². The standard InChI is InChI=1S/C62H88F2O/c1-5-9-11-13-15-17-19-23-49-29-37-53(38-30-49)61(55-41-43-57(59(63)45-55)51-33-25-47(21-7-3)26-34-51)65-62(54-39-31-50(32-40-54)24-20-18-16-14-12-10-6-2)56-42-44-58(60(64)46-56)52-35-27-48(22-8-4)28-36-52/h25-28,33-36,41-46,49-50,53-54,61-62H,5-24,29-32,37-40H2,1-4H3. The van der Waals surface area contributed by atoms with Crippen molar-refractivity contribution in [2.24, 2.45) is 23.7 Å². The molecule has 65 heavy (non-hydrogen) atoms. The molecule has 0 N–H and O–H groups in total. The Morgan fingerprint density at radius 2 is 0.769 bits per heavy atom. The lowest BCUT2D eigenvalue weighted by molar-refractivity contribution is -0.0909. The largest absolute Gasteiger partial charge is 0.365 e. The van der Waals surface area contributed by atoms with Crippen LogP contribution in [0.3, 0.4) is 0 Å². The number of ether oxygens (including phenoxy) is 1. The van der Waals surface area contributed by atoms with Crippen LogP contribution in [0.5, 0.6) is 0 Å². The fourth-order valence-corrected chi connectivity index (χ4v) is 11.6. The molecule has 2 aliphatic carbocycles. The van der Waals surface area contributed by atoms with Gasteiger partial charge in [0.05, 0.1) is 12.2 Å². The lowest BCUT2D eigenvalue weighted by Crippen LogP contribution is -2.28. The third kappa shape index (κ3) is 15.9. The van der Waals surface area contributed by atoms with Gasteiger partial charge in [0.2, 0.25) is 0 Å². The molecule has 2 aliphatic rings. The number of hydrogen-bond acceptors (Lipinski definition) is 1. The maximum Gasteiger partial charge on any atom is 0.131 e. The zero-order valence-corrected chi connectivity index (χ0v) is 41.5. The van der Waals surface area contributed by atoms with Crippen LogP contribution < -0.4 is 0 Å². The first-order chi connectivity index (χ1) is 31.9. The second-order valence-electron chi connectivity index (χ2n) is 20.7. The Balaban J connectivity index is 1.24. The van der Waals surface area contributed by atoms with Gasteiger partial charge >= 0.3 is 0 Å². The van der Waals surface area contributed by atoms with Crippen molar-refractivity contribution in [1.29, 1.82) is 0 Å². The van der Waals surface area contributed by atoms with Crippen molar-refractivity contribution < 1.29 is 13.5 Å². The summed E-state index contributed by atoms with van der Waals surface area (Å²) in [6, 6.07) is 28.7. The third-order valence-corrected chi connectivity index (χ3v) is 15.6. The van der Waals surface area contributed by atoms with E-state index in [-0.39, 0.29) is 23.8 Å². The zero-order chi connectivity index (χ0) is 45.6. The van der Waals surface area contributed by atoms with Crippen molar-refractivity contribution in [3.63, 3.8) is 0 Å². The predicted molar refractivity (Wildman–Crippen MR) is 274 cm³/mol. The lowest BCUT2D eigenvalue weighted by atomic mass is 9.74. The molecule has 2 atom stereocenters. The van der Waals surface area contributed by atoms with E-state index in [1.807, 2.05) is 12.1 Å². The second-order valence-corrected chi connectivity index (χ2v) is 20.7. The fraction of sp³-hybridized carbons (Fsp3) is 0.613. The zero-order valence-electron chi connectivity index (χ0n) is 41.5. The number of rotatable bonds is 28. The molecular formula is C62H88F2O. The van der Waals surface area contributed by atoms with E-state index in [4.69, 9.17) is 4.74 Å². The molecule has 0 saturated heterocycles. The SMILES string of the molecule is CCCCCCCCCC1CCC(C(OC(c2ccc(-c3ccc(CCC)cc3)c(F)c2)C2CCC(CCCCCCCCC)CC2)c2ccc(-c3ccc(CCC)cc3)c(F)c2)CC1. The summed E-state index contributed by atoms with van der Waals surface area (Å²) in [6.07, 6.45) is 34.5. The first-order valence-corrected chi connectivity index (χ1v) is 27.3. The van der Waals surface area contributed by atoms with Gasteiger partial charge in [0, 0.05) is 11.1 Å². The molecule has 3 heteroatoms. The lowest BCUT2D eigenvalue weighted by Gasteiger charge is -2.40. The van der Waals surface area contributed by atoms with Gasteiger partial charge in [-0.15, -0.1) is 0 Å². The highest BCUT2D eigenvalue weighted by Crippen LogP contribution is 2.48. The molecule has 4 aromatic carbocycles. The highest BCUT2D eigenvalue weighted by Gasteiger charge is 2.36. The quantitative estimate of drug-likeness (QED) is 0.0516. The molecule has 0 heterocycles. The van der Waals surface area contributed by atoms with E-state index in [2.05, 4.69) is 88.4 Å². The van der Waals surface area contributed by atoms with E-state index < -0.39 is 0 Å². The molecule has 0 bridgehead atoms. The smallest absolute Gasteiger partial charge is 0.131 e. The molecule has 0 amide bonds. The van der Waals surface area contributed by atoms with Crippen LogP contribution in [0.4, 0.5) is 8.78 Å². The minimum atomic E-state index is -0.255. The van der Waals surface area contributed by atoms with Crippen LogP contribution in [0.15, 0.2) is 84.9 Å². The highest BCUT2D eigenvalue weighted by molar-refractivity contribution is 5.66. The number of aryl methyl sites for hydroxylation is 2. The summed E-state index contributed by atoms with van der Waals surface area (Å²) >= 11 is 0. The molecule has 6 rings (SSSR count). The third-order valence-electron chi connectivity index (χ3n) is 15.6. The van der Waals surface area contributed by atoms with Gasteiger partial charge in [-0.25, -0.2) is 8.78 Å². The maximum atomic E-state index is 16.5. The van der Waals surface area contributed by atoms with Gasteiger partial charge in [-0.05, 0) is 108 Å². The molecule has 4 aromatic rings. The number of benzene rings is 4. The number of unbranched alkanes of at least 4 members (excludes halogenated alkanes) is 12. The van der Waals surface area contributed by atoms with Crippen LogP contribution in [0.25, 0.3) is 22.3 Å². The van der Waals surface area contributed by atoms with E-state index in [9.17, 15) is 0 Å². The van der Waals surface area contributed by atoms with E-state index in [0.29, 0.717) is 23.0 Å². The summed E-state index contributed by atoms with van der Waals surface area (Å²) in [4.78, 5) is 0. The van der Waals surface area contributed by atoms with E-state index in [1.165, 1.54) is 140 Å². The average molecular weight is 887 g/mol. The van der Waals surface area contributed by atoms with E-state index in [0.717, 1.165) is 85.5 Å². The maximum absolute atomic E-state index is 16.5. The molecule has 0 aliphatic heterocycles. The van der Waals surface area contributed by atoms with Gasteiger partial charge < -0.3 is 4.74 Å². The minimum absolute atomic E-state index is 0.185. The Morgan fingerprint density at radius 3 is 1.11 bits per heavy atom. The van der Waals surface area contributed by atoms with Crippen molar-refractivity contribution in [2.45, 2.75) is 220 Å². The van der Waals surface area contributed by atoms with Gasteiger partial charge in [0.15, 0.2) is 0 Å². The van der Waals surface area contributed by atoms with Crippen molar-refractivity contribution in [2.75, 3.05) is 0 Å². The Morgan fingerprint density at radius 1 is 0.415 bits per heavy atom. The summed E-state index contributed by atoms with van der Waals surface area (Å²) in [6.45, 7) is 8.97. The molecule has 2 saturated carbocycles. The van der Waals surface area contributed by atoms with Crippen LogP contribution in [0.2, 0.25) is 0 Å². The van der Waals surface area contributed by atoms with Gasteiger partial charge in [-0.2, -0.15) is 0 Å². The number of halogens is 2. The van der Waals surface area contributed by atoms with Crippen LogP contribution in [0.1, 0.15) is 229 Å². The molecule has 0 radical (unpaired) electrons. The Labute approximate surface area is 396 Å². The number of hydrogen-bond donors (Lipinski definition) is 0. The molecule has 356 valence electrons. The molecular weight excluding hydrogens is 799 g/mol. The van der Waals surface area contributed by atoms with Crippen LogP contribution in [-0.4, -0.2) is 0 Å². The summed E-state index contributed by atoms with van der Waals surface area (Å²) in [7, 11) is 0. The topological polar surface area (TPSA) is 9.23 Å². The molecule has 2 fully saturated rings. The molecule has 2 unspecified atom stereocenters. The monoisotopic (exact) mass is 887 g/mol. The van der Waals surface area contributed by atoms with Crippen LogP contribution in [0, 0.1) is 35.3 Å². The van der Waals surface area contributed by atoms with Gasteiger partial charge in [-0.3, -0.25) is 0 Å². The summed E-state index contributed by atoms with van der Waals surface area (Å²) in [5.74, 6) is 1.74. The first-order valence-electron chi connectivity index (χ1n) is 27.3. The Kier molecular flexibility index (Phi) is 22.1. The van der Waals surface area contributed by atoms with Crippen molar-refractivity contribution in [3.8, 4) is 22.3 Å². The summed E-state index contributed by atoms with van der Waals surface area (Å²) in [5, 5.41) is 0. The minimum Gasteiger partial charge on any atom is -0.365 e. The van der Waals surface area contributed by atoms with Crippen LogP contribution >= 0.6 is 0 Å². The second kappa shape index (κ2) is 28.1. The average Bonchev–Trinajstić information content (AvgIpc) is 3.33. The van der Waals surface area contributed by atoms with E-state index >= 15 is 8.78 Å². The Bertz CT molecular complexity index is 1760. The predicted octanol–water partition coefficient (Wildman–Crippen LogP) is 19.9. The fourth-order valence-electron chi connectivity index (χ4n) is 11.6. The molecule has 0 aromatic heterocycles. The van der Waals surface area contributed by atoms with Crippen LogP contribution in [-0.2, 0) is 17.6 Å². The van der Waals surface area contributed by atoms with Gasteiger partial charge in [0.25, 0.3) is 0 Å².